The Labute approximate surface area is 118 Å². The summed E-state index contributed by atoms with van der Waals surface area (Å²) in [6, 6.07) is 12.1. The van der Waals surface area contributed by atoms with E-state index in [4.69, 9.17) is 4.74 Å². The van der Waals surface area contributed by atoms with Crippen molar-refractivity contribution in [2.24, 2.45) is 0 Å². The molecular formula is C16H18FNO2. The Hall–Kier alpha value is -2.07. The molecule has 0 saturated carbocycles. The molecule has 2 aromatic carbocycles. The van der Waals surface area contributed by atoms with Crippen LogP contribution < -0.4 is 10.1 Å². The van der Waals surface area contributed by atoms with Crippen LogP contribution in [-0.2, 0) is 0 Å². The molecule has 1 atom stereocenters. The van der Waals surface area contributed by atoms with Crippen LogP contribution in [-0.4, -0.2) is 18.8 Å². The van der Waals surface area contributed by atoms with E-state index >= 15 is 0 Å². The number of aryl methyl sites for hydroxylation is 1. The molecule has 1 unspecified atom stereocenters. The van der Waals surface area contributed by atoms with Crippen molar-refractivity contribution in [2.45, 2.75) is 13.0 Å². The van der Waals surface area contributed by atoms with Gasteiger partial charge in [-0.25, -0.2) is 4.39 Å². The Balaban J connectivity index is 2.24. The summed E-state index contributed by atoms with van der Waals surface area (Å²) in [5.74, 6) is -0.239. The van der Waals surface area contributed by atoms with Gasteiger partial charge in [-0.3, -0.25) is 0 Å². The lowest BCUT2D eigenvalue weighted by atomic mass is 10.1. The van der Waals surface area contributed by atoms with Crippen molar-refractivity contribution >= 4 is 5.69 Å². The highest BCUT2D eigenvalue weighted by atomic mass is 19.1. The number of aliphatic hydroxyl groups is 1. The number of ether oxygens (including phenoxy) is 1. The molecule has 0 aromatic heterocycles. The molecule has 2 N–H and O–H groups in total. The second-order valence-corrected chi connectivity index (χ2v) is 4.59. The van der Waals surface area contributed by atoms with E-state index in [1.807, 2.05) is 31.2 Å². The first-order chi connectivity index (χ1) is 9.65. The van der Waals surface area contributed by atoms with E-state index < -0.39 is 5.82 Å². The van der Waals surface area contributed by atoms with Crippen LogP contribution in [0.4, 0.5) is 10.1 Å². The zero-order chi connectivity index (χ0) is 14.5. The molecular weight excluding hydrogens is 257 g/mol. The summed E-state index contributed by atoms with van der Waals surface area (Å²) in [7, 11) is 1.42. The van der Waals surface area contributed by atoms with Gasteiger partial charge in [-0.15, -0.1) is 0 Å². The van der Waals surface area contributed by atoms with Crippen LogP contribution in [0.1, 0.15) is 17.2 Å². The molecule has 0 amide bonds. The molecule has 106 valence electrons. The van der Waals surface area contributed by atoms with Crippen molar-refractivity contribution < 1.29 is 14.2 Å². The molecule has 0 saturated heterocycles. The highest BCUT2D eigenvalue weighted by molar-refractivity contribution is 5.52. The quantitative estimate of drug-likeness (QED) is 0.879. The number of anilines is 1. The molecule has 3 nitrogen and oxygen atoms in total. The summed E-state index contributed by atoms with van der Waals surface area (Å²) in [4.78, 5) is 0. The Morgan fingerprint density at radius 1 is 1.25 bits per heavy atom. The summed E-state index contributed by atoms with van der Waals surface area (Å²) in [5.41, 5.74) is 2.66. The first-order valence-electron chi connectivity index (χ1n) is 6.42. The normalized spacial score (nSPS) is 12.0. The first-order valence-corrected chi connectivity index (χ1v) is 6.42. The molecule has 4 heteroatoms. The van der Waals surface area contributed by atoms with E-state index in [2.05, 4.69) is 5.32 Å². The van der Waals surface area contributed by atoms with Crippen LogP contribution >= 0.6 is 0 Å². The van der Waals surface area contributed by atoms with E-state index in [0.29, 0.717) is 5.56 Å². The van der Waals surface area contributed by atoms with Crippen LogP contribution in [0.5, 0.6) is 5.75 Å². The predicted octanol–water partition coefficient (Wildman–Crippen LogP) is 3.29. The van der Waals surface area contributed by atoms with E-state index in [9.17, 15) is 9.50 Å². The Morgan fingerprint density at radius 3 is 2.60 bits per heavy atom. The minimum Gasteiger partial charge on any atom is -0.494 e. The maximum absolute atomic E-state index is 13.7. The Bertz CT molecular complexity index is 586. The molecule has 0 bridgehead atoms. The van der Waals surface area contributed by atoms with Crippen LogP contribution in [0.2, 0.25) is 0 Å². The first kappa shape index (κ1) is 14.3. The monoisotopic (exact) mass is 275 g/mol. The molecule has 0 radical (unpaired) electrons. The van der Waals surface area contributed by atoms with Crippen molar-refractivity contribution in [3.05, 3.63) is 59.4 Å². The van der Waals surface area contributed by atoms with Crippen LogP contribution in [0.15, 0.2) is 42.5 Å². The number of nitrogens with one attached hydrogen (secondary N) is 1. The van der Waals surface area contributed by atoms with Gasteiger partial charge < -0.3 is 15.2 Å². The predicted molar refractivity (Wildman–Crippen MR) is 77.6 cm³/mol. The molecule has 2 aromatic rings. The summed E-state index contributed by atoms with van der Waals surface area (Å²) >= 11 is 0. The number of halogens is 1. The van der Waals surface area contributed by atoms with Gasteiger partial charge in [-0.05, 0) is 36.2 Å². The average molecular weight is 275 g/mol. The molecule has 20 heavy (non-hydrogen) atoms. The number of hydrogen-bond acceptors (Lipinski definition) is 3. The molecule has 0 spiro atoms. The van der Waals surface area contributed by atoms with Crippen LogP contribution in [0, 0.1) is 12.7 Å². The Morgan fingerprint density at radius 2 is 2.00 bits per heavy atom. The van der Waals surface area contributed by atoms with Crippen molar-refractivity contribution in [3.63, 3.8) is 0 Å². The molecule has 0 heterocycles. The third-order valence-corrected chi connectivity index (χ3v) is 3.24. The number of methoxy groups -OCH3 is 1. The fourth-order valence-electron chi connectivity index (χ4n) is 2.06. The van der Waals surface area contributed by atoms with E-state index in [0.717, 1.165) is 11.3 Å². The average Bonchev–Trinajstić information content (AvgIpc) is 2.46. The fourth-order valence-corrected chi connectivity index (χ4v) is 2.06. The minimum absolute atomic E-state index is 0.125. The highest BCUT2D eigenvalue weighted by Gasteiger charge is 2.13. The maximum atomic E-state index is 13.7. The summed E-state index contributed by atoms with van der Waals surface area (Å²) in [5, 5.41) is 12.8. The topological polar surface area (TPSA) is 41.5 Å². The zero-order valence-corrected chi connectivity index (χ0v) is 11.6. The van der Waals surface area contributed by atoms with E-state index in [-0.39, 0.29) is 18.4 Å². The number of rotatable bonds is 5. The van der Waals surface area contributed by atoms with Gasteiger partial charge in [0.15, 0.2) is 11.6 Å². The second kappa shape index (κ2) is 6.39. The molecule has 0 fully saturated rings. The van der Waals surface area contributed by atoms with Gasteiger partial charge in [0.1, 0.15) is 0 Å². The third kappa shape index (κ3) is 3.08. The SMILES string of the molecule is COc1ccc(C(CO)Nc2ccccc2C)cc1F. The fraction of sp³-hybridized carbons (Fsp3) is 0.250. The number of aliphatic hydroxyl groups excluding tert-OH is 1. The Kier molecular flexibility index (Phi) is 4.58. The summed E-state index contributed by atoms with van der Waals surface area (Å²) in [6.45, 7) is 1.85. The second-order valence-electron chi connectivity index (χ2n) is 4.59. The van der Waals surface area contributed by atoms with Gasteiger partial charge in [0.2, 0.25) is 0 Å². The largest absolute Gasteiger partial charge is 0.494 e. The number of benzene rings is 2. The highest BCUT2D eigenvalue weighted by Crippen LogP contribution is 2.25. The smallest absolute Gasteiger partial charge is 0.165 e. The van der Waals surface area contributed by atoms with Gasteiger partial charge in [-0.2, -0.15) is 0 Å². The maximum Gasteiger partial charge on any atom is 0.165 e. The van der Waals surface area contributed by atoms with Crippen LogP contribution in [0.3, 0.4) is 0 Å². The van der Waals surface area contributed by atoms with E-state index in [1.54, 1.807) is 12.1 Å². The lowest BCUT2D eigenvalue weighted by Gasteiger charge is -2.20. The van der Waals surface area contributed by atoms with Gasteiger partial charge in [0, 0.05) is 5.69 Å². The molecule has 2 rings (SSSR count). The van der Waals surface area contributed by atoms with Crippen molar-refractivity contribution in [1.29, 1.82) is 0 Å². The van der Waals surface area contributed by atoms with Gasteiger partial charge in [0.25, 0.3) is 0 Å². The summed E-state index contributed by atoms with van der Waals surface area (Å²) in [6.07, 6.45) is 0. The lowest BCUT2D eigenvalue weighted by Crippen LogP contribution is -2.15. The molecule has 0 aliphatic heterocycles. The van der Waals surface area contributed by atoms with Crippen molar-refractivity contribution in [3.8, 4) is 5.75 Å². The van der Waals surface area contributed by atoms with Gasteiger partial charge in [-0.1, -0.05) is 24.3 Å². The van der Waals surface area contributed by atoms with Gasteiger partial charge in [0.05, 0.1) is 19.8 Å². The van der Waals surface area contributed by atoms with Crippen LogP contribution in [0.25, 0.3) is 0 Å². The minimum atomic E-state index is -0.435. The number of hydrogen-bond donors (Lipinski definition) is 2. The van der Waals surface area contributed by atoms with Gasteiger partial charge >= 0.3 is 0 Å². The molecule has 0 aliphatic rings. The lowest BCUT2D eigenvalue weighted by molar-refractivity contribution is 0.276. The molecule has 0 aliphatic carbocycles. The summed E-state index contributed by atoms with van der Waals surface area (Å²) < 4.78 is 18.6. The standard InChI is InChI=1S/C16H18FNO2/c1-11-5-3-4-6-14(11)18-15(10-19)12-7-8-16(20-2)13(17)9-12/h3-9,15,18-19H,10H2,1-2H3. The third-order valence-electron chi connectivity index (χ3n) is 3.24. The van der Waals surface area contributed by atoms with E-state index in [1.165, 1.54) is 13.2 Å². The zero-order valence-electron chi connectivity index (χ0n) is 11.6. The number of para-hydroxylation sites is 1. The van der Waals surface area contributed by atoms with Crippen molar-refractivity contribution in [1.82, 2.24) is 0 Å². The van der Waals surface area contributed by atoms with Crippen molar-refractivity contribution in [2.75, 3.05) is 19.0 Å².